The summed E-state index contributed by atoms with van der Waals surface area (Å²) in [6.07, 6.45) is 0.921. The van der Waals surface area contributed by atoms with Crippen LogP contribution in [0.2, 0.25) is 0 Å². The van der Waals surface area contributed by atoms with E-state index in [1.54, 1.807) is 0 Å². The quantitative estimate of drug-likeness (QED) is 0.509. The highest BCUT2D eigenvalue weighted by Gasteiger charge is 2.09. The van der Waals surface area contributed by atoms with Gasteiger partial charge in [0, 0.05) is 16.5 Å². The average Bonchev–Trinajstić information content (AvgIpc) is 2.30. The van der Waals surface area contributed by atoms with Crippen LogP contribution in [-0.2, 0) is 0 Å². The van der Waals surface area contributed by atoms with Gasteiger partial charge >= 0.3 is 0 Å². The van der Waals surface area contributed by atoms with Gasteiger partial charge in [-0.1, -0.05) is 22.6 Å². The average molecular weight is 337 g/mol. The monoisotopic (exact) mass is 337 g/mol. The molecule has 1 aromatic rings. The van der Waals surface area contributed by atoms with E-state index >= 15 is 0 Å². The Bertz CT molecular complexity index is 371. The van der Waals surface area contributed by atoms with Gasteiger partial charge in [0.1, 0.15) is 0 Å². The Morgan fingerprint density at radius 3 is 2.94 bits per heavy atom. The van der Waals surface area contributed by atoms with Crippen LogP contribution in [0.5, 0.6) is 5.75 Å². The molecule has 0 aliphatic carbocycles. The third-order valence-electron chi connectivity index (χ3n) is 2.01. The van der Waals surface area contributed by atoms with Gasteiger partial charge in [0.05, 0.1) is 7.11 Å². The van der Waals surface area contributed by atoms with Crippen molar-refractivity contribution in [2.75, 3.05) is 18.1 Å². The van der Waals surface area contributed by atoms with Gasteiger partial charge < -0.3 is 10.1 Å². The van der Waals surface area contributed by atoms with Crippen molar-refractivity contribution in [3.05, 3.63) is 29.6 Å². The van der Waals surface area contributed by atoms with Crippen LogP contribution in [-0.4, -0.2) is 24.0 Å². The molecule has 0 fully saturated rings. The highest BCUT2D eigenvalue weighted by atomic mass is 127. The Hall–Kier alpha value is -0.850. The van der Waals surface area contributed by atoms with Crippen molar-refractivity contribution in [1.29, 1.82) is 0 Å². The lowest BCUT2D eigenvalue weighted by atomic mass is 10.2. The van der Waals surface area contributed by atoms with Gasteiger partial charge in [-0.05, 0) is 24.6 Å². The molecule has 1 N–H and O–H groups in total. The minimum Gasteiger partial charge on any atom is -0.494 e. The zero-order valence-electron chi connectivity index (χ0n) is 8.93. The number of hydrogen-bond acceptors (Lipinski definition) is 2. The number of methoxy groups -OCH3 is 1. The largest absolute Gasteiger partial charge is 0.494 e. The van der Waals surface area contributed by atoms with E-state index in [-0.39, 0.29) is 11.7 Å². The molecule has 1 aromatic carbocycles. The molecule has 0 radical (unpaired) electrons. The van der Waals surface area contributed by atoms with Crippen LogP contribution in [0.4, 0.5) is 4.39 Å². The number of carbonyl (C=O) groups is 1. The molecule has 88 valence electrons. The minimum absolute atomic E-state index is 0.0848. The highest BCUT2D eigenvalue weighted by molar-refractivity contribution is 14.1. The zero-order valence-corrected chi connectivity index (χ0v) is 11.1. The Morgan fingerprint density at radius 1 is 1.56 bits per heavy atom. The van der Waals surface area contributed by atoms with E-state index < -0.39 is 5.82 Å². The molecule has 1 amide bonds. The van der Waals surface area contributed by atoms with Crippen molar-refractivity contribution in [2.45, 2.75) is 6.42 Å². The SMILES string of the molecule is COc1cc(C(=O)NCCCI)ccc1F. The summed E-state index contributed by atoms with van der Waals surface area (Å²) < 4.78 is 18.9. The van der Waals surface area contributed by atoms with E-state index in [0.717, 1.165) is 10.8 Å². The molecule has 0 unspecified atom stereocenters. The number of rotatable bonds is 5. The van der Waals surface area contributed by atoms with Gasteiger partial charge in [0.2, 0.25) is 0 Å². The van der Waals surface area contributed by atoms with E-state index in [4.69, 9.17) is 4.74 Å². The Morgan fingerprint density at radius 2 is 2.31 bits per heavy atom. The Kier molecular flexibility index (Phi) is 5.51. The molecule has 0 aliphatic rings. The van der Waals surface area contributed by atoms with Gasteiger partial charge in [-0.3, -0.25) is 4.79 Å². The summed E-state index contributed by atoms with van der Waals surface area (Å²) in [6, 6.07) is 4.07. The molecular formula is C11H13FINO2. The lowest BCUT2D eigenvalue weighted by Gasteiger charge is -2.06. The first kappa shape index (κ1) is 13.2. The van der Waals surface area contributed by atoms with Crippen molar-refractivity contribution in [1.82, 2.24) is 5.32 Å². The first-order valence-electron chi connectivity index (χ1n) is 4.86. The van der Waals surface area contributed by atoms with Gasteiger partial charge in [0.15, 0.2) is 11.6 Å². The number of nitrogens with one attached hydrogen (secondary N) is 1. The van der Waals surface area contributed by atoms with Crippen LogP contribution in [0.15, 0.2) is 18.2 Å². The van der Waals surface area contributed by atoms with Crippen LogP contribution in [0.3, 0.4) is 0 Å². The Labute approximate surface area is 108 Å². The number of alkyl halides is 1. The maximum Gasteiger partial charge on any atom is 0.251 e. The predicted molar refractivity (Wildman–Crippen MR) is 68.8 cm³/mol. The number of halogens is 2. The van der Waals surface area contributed by atoms with E-state index in [1.165, 1.54) is 25.3 Å². The molecule has 5 heteroatoms. The normalized spacial score (nSPS) is 9.94. The van der Waals surface area contributed by atoms with Crippen molar-refractivity contribution in [3.63, 3.8) is 0 Å². The van der Waals surface area contributed by atoms with Crippen molar-refractivity contribution in [2.24, 2.45) is 0 Å². The smallest absolute Gasteiger partial charge is 0.251 e. The molecular weight excluding hydrogens is 324 g/mol. The van der Waals surface area contributed by atoms with Crippen LogP contribution >= 0.6 is 22.6 Å². The van der Waals surface area contributed by atoms with Gasteiger partial charge in [-0.2, -0.15) is 0 Å². The third-order valence-corrected chi connectivity index (χ3v) is 2.77. The van der Waals surface area contributed by atoms with E-state index in [2.05, 4.69) is 27.9 Å². The highest BCUT2D eigenvalue weighted by Crippen LogP contribution is 2.17. The second-order valence-electron chi connectivity index (χ2n) is 3.15. The molecule has 16 heavy (non-hydrogen) atoms. The summed E-state index contributed by atoms with van der Waals surface area (Å²) >= 11 is 2.24. The fraction of sp³-hybridized carbons (Fsp3) is 0.364. The number of benzene rings is 1. The number of carbonyl (C=O) groups excluding carboxylic acids is 1. The summed E-state index contributed by atoms with van der Waals surface area (Å²) in [5, 5.41) is 2.75. The summed E-state index contributed by atoms with van der Waals surface area (Å²) in [7, 11) is 1.37. The van der Waals surface area contributed by atoms with Crippen LogP contribution in [0.25, 0.3) is 0 Å². The summed E-state index contributed by atoms with van der Waals surface area (Å²) in [5.41, 5.74) is 0.409. The molecule has 0 saturated heterocycles. The van der Waals surface area contributed by atoms with Gasteiger partial charge in [-0.25, -0.2) is 4.39 Å². The van der Waals surface area contributed by atoms with Crippen molar-refractivity contribution >= 4 is 28.5 Å². The van der Waals surface area contributed by atoms with Crippen molar-refractivity contribution < 1.29 is 13.9 Å². The fourth-order valence-electron chi connectivity index (χ4n) is 1.17. The Balaban J connectivity index is 2.68. The predicted octanol–water partition coefficient (Wildman–Crippen LogP) is 2.39. The standard InChI is InChI=1S/C11H13FINO2/c1-16-10-7-8(3-4-9(10)12)11(15)14-6-2-5-13/h3-4,7H,2,5-6H2,1H3,(H,14,15). The van der Waals surface area contributed by atoms with E-state index in [9.17, 15) is 9.18 Å². The van der Waals surface area contributed by atoms with Gasteiger partial charge in [0.25, 0.3) is 5.91 Å². The molecule has 0 saturated carbocycles. The summed E-state index contributed by atoms with van der Waals surface area (Å²) in [6.45, 7) is 0.626. The first-order chi connectivity index (χ1) is 7.69. The molecule has 0 aromatic heterocycles. The fourth-order valence-corrected chi connectivity index (χ4v) is 1.55. The van der Waals surface area contributed by atoms with Crippen LogP contribution in [0, 0.1) is 5.82 Å². The molecule has 3 nitrogen and oxygen atoms in total. The first-order valence-corrected chi connectivity index (χ1v) is 6.39. The topological polar surface area (TPSA) is 38.3 Å². The molecule has 0 spiro atoms. The second-order valence-corrected chi connectivity index (χ2v) is 4.23. The lowest BCUT2D eigenvalue weighted by Crippen LogP contribution is -2.24. The number of hydrogen-bond donors (Lipinski definition) is 1. The maximum atomic E-state index is 13.1. The molecule has 1 rings (SSSR count). The maximum absolute atomic E-state index is 13.1. The third kappa shape index (κ3) is 3.62. The van der Waals surface area contributed by atoms with Crippen LogP contribution < -0.4 is 10.1 Å². The molecule has 0 heterocycles. The van der Waals surface area contributed by atoms with Gasteiger partial charge in [-0.15, -0.1) is 0 Å². The molecule has 0 aliphatic heterocycles. The second kappa shape index (κ2) is 6.67. The minimum atomic E-state index is -0.466. The molecule has 0 bridgehead atoms. The van der Waals surface area contributed by atoms with Crippen LogP contribution in [0.1, 0.15) is 16.8 Å². The lowest BCUT2D eigenvalue weighted by molar-refractivity contribution is 0.0953. The van der Waals surface area contributed by atoms with E-state index in [0.29, 0.717) is 12.1 Å². The molecule has 0 atom stereocenters. The summed E-state index contributed by atoms with van der Waals surface area (Å²) in [4.78, 5) is 11.6. The summed E-state index contributed by atoms with van der Waals surface area (Å²) in [5.74, 6) is -0.587. The zero-order chi connectivity index (χ0) is 12.0. The number of amides is 1. The number of ether oxygens (including phenoxy) is 1. The van der Waals surface area contributed by atoms with E-state index in [1.807, 2.05) is 0 Å². The van der Waals surface area contributed by atoms with Crippen molar-refractivity contribution in [3.8, 4) is 5.75 Å².